The normalized spacial score (nSPS) is 9.88. The predicted octanol–water partition coefficient (Wildman–Crippen LogP) is 4.11. The summed E-state index contributed by atoms with van der Waals surface area (Å²) in [5.74, 6) is 0.708. The van der Waals surface area contributed by atoms with Crippen molar-refractivity contribution in [1.82, 2.24) is 4.90 Å². The van der Waals surface area contributed by atoms with E-state index in [4.69, 9.17) is 11.6 Å². The van der Waals surface area contributed by atoms with Crippen molar-refractivity contribution in [2.75, 3.05) is 23.9 Å². The van der Waals surface area contributed by atoms with E-state index >= 15 is 0 Å². The summed E-state index contributed by atoms with van der Waals surface area (Å²) in [5, 5.41) is 0. The fourth-order valence-electron chi connectivity index (χ4n) is 1.50. The van der Waals surface area contributed by atoms with Crippen molar-refractivity contribution in [3.63, 3.8) is 0 Å². The number of benzene rings is 1. The van der Waals surface area contributed by atoms with Gasteiger partial charge in [0.2, 0.25) is 0 Å². The minimum atomic E-state index is 0.708. The van der Waals surface area contributed by atoms with E-state index < -0.39 is 0 Å². The third-order valence-electron chi connectivity index (χ3n) is 2.50. The quantitative estimate of drug-likeness (QED) is 0.569. The molecule has 0 aliphatic carbocycles. The van der Waals surface area contributed by atoms with Crippen LogP contribution in [0.15, 0.2) is 24.3 Å². The van der Waals surface area contributed by atoms with Gasteiger partial charge in [-0.15, -0.1) is 11.6 Å². The molecular formula is C13H21ClIN. The third-order valence-corrected chi connectivity index (χ3v) is 2.67. The Labute approximate surface area is 118 Å². The van der Waals surface area contributed by atoms with E-state index in [1.165, 1.54) is 11.1 Å². The van der Waals surface area contributed by atoms with Crippen molar-refractivity contribution in [2.24, 2.45) is 0 Å². The maximum Gasteiger partial charge on any atom is 0.0351 e. The monoisotopic (exact) mass is 353 g/mol. The molecule has 1 aromatic rings. The van der Waals surface area contributed by atoms with Gasteiger partial charge in [0.05, 0.1) is 0 Å². The highest BCUT2D eigenvalue weighted by Crippen LogP contribution is 2.10. The number of nitrogens with zero attached hydrogens (tertiary/aromatic N) is 1. The van der Waals surface area contributed by atoms with Crippen molar-refractivity contribution >= 4 is 34.2 Å². The Morgan fingerprint density at radius 1 is 1.25 bits per heavy atom. The molecule has 0 atom stereocenters. The van der Waals surface area contributed by atoms with Crippen LogP contribution in [0.25, 0.3) is 0 Å². The number of hydrogen-bond donors (Lipinski definition) is 0. The van der Waals surface area contributed by atoms with Gasteiger partial charge in [-0.3, -0.25) is 4.90 Å². The largest absolute Gasteiger partial charge is 0.298 e. The minimum absolute atomic E-state index is 0.708. The lowest BCUT2D eigenvalue weighted by atomic mass is 10.1. The summed E-state index contributed by atoms with van der Waals surface area (Å²) >= 11 is 7.89. The molecule has 0 aliphatic heterocycles. The summed E-state index contributed by atoms with van der Waals surface area (Å²) in [5.41, 5.74) is 2.76. The molecule has 0 aromatic heterocycles. The molecule has 0 unspecified atom stereocenters. The topological polar surface area (TPSA) is 3.24 Å². The Bertz CT molecular complexity index is 278. The summed E-state index contributed by atoms with van der Waals surface area (Å²) in [7, 11) is 0. The molecule has 0 aliphatic rings. The first-order valence-electron chi connectivity index (χ1n) is 5.48. The van der Waals surface area contributed by atoms with Gasteiger partial charge in [-0.2, -0.15) is 0 Å². The van der Waals surface area contributed by atoms with Gasteiger partial charge in [0.15, 0.2) is 0 Å². The first-order valence-corrected chi connectivity index (χ1v) is 8.17. The van der Waals surface area contributed by atoms with Crippen LogP contribution in [0, 0.1) is 6.92 Å². The highest BCUT2D eigenvalue weighted by molar-refractivity contribution is 14.1. The zero-order valence-electron chi connectivity index (χ0n) is 10.3. The standard InChI is InChI=1S/C12H18ClN.CH3I/c1-3-14(9-8-13)10-12-7-5-4-6-11(12)2;1-2/h4-7H,3,8-10H2,1-2H3;1H3. The number of halogens is 2. The average Bonchev–Trinajstić information content (AvgIpc) is 2.34. The third kappa shape index (κ3) is 6.06. The van der Waals surface area contributed by atoms with E-state index in [9.17, 15) is 0 Å². The highest BCUT2D eigenvalue weighted by Gasteiger charge is 2.03. The van der Waals surface area contributed by atoms with Gasteiger partial charge < -0.3 is 0 Å². The van der Waals surface area contributed by atoms with Crippen LogP contribution in [0.2, 0.25) is 0 Å². The van der Waals surface area contributed by atoms with Crippen molar-refractivity contribution in [2.45, 2.75) is 20.4 Å². The number of hydrogen-bond acceptors (Lipinski definition) is 1. The molecule has 0 fully saturated rings. The molecule has 1 rings (SSSR count). The van der Waals surface area contributed by atoms with Crippen molar-refractivity contribution in [1.29, 1.82) is 0 Å². The van der Waals surface area contributed by atoms with Crippen LogP contribution in [0.1, 0.15) is 18.1 Å². The second-order valence-corrected chi connectivity index (χ2v) is 3.86. The van der Waals surface area contributed by atoms with Crippen molar-refractivity contribution < 1.29 is 0 Å². The summed E-state index contributed by atoms with van der Waals surface area (Å²) in [6.45, 7) is 7.36. The lowest BCUT2D eigenvalue weighted by molar-refractivity contribution is 0.297. The molecule has 1 nitrogen and oxygen atoms in total. The molecule has 0 saturated carbocycles. The van der Waals surface area contributed by atoms with Crippen LogP contribution in [0.5, 0.6) is 0 Å². The van der Waals surface area contributed by atoms with Crippen LogP contribution in [0.4, 0.5) is 0 Å². The Hall–Kier alpha value is 0.200. The number of aryl methyl sites for hydroxylation is 1. The average molecular weight is 354 g/mol. The fourth-order valence-corrected chi connectivity index (χ4v) is 1.74. The van der Waals surface area contributed by atoms with Gasteiger partial charge in [-0.1, -0.05) is 53.8 Å². The fraction of sp³-hybridized carbons (Fsp3) is 0.538. The molecule has 0 spiro atoms. The van der Waals surface area contributed by atoms with E-state index in [1.54, 1.807) is 0 Å². The maximum atomic E-state index is 5.74. The Morgan fingerprint density at radius 3 is 2.38 bits per heavy atom. The minimum Gasteiger partial charge on any atom is -0.298 e. The van der Waals surface area contributed by atoms with Crippen LogP contribution in [-0.2, 0) is 6.54 Å². The maximum absolute atomic E-state index is 5.74. The van der Waals surface area contributed by atoms with Gasteiger partial charge in [0, 0.05) is 19.0 Å². The second kappa shape index (κ2) is 10.4. The van der Waals surface area contributed by atoms with Gasteiger partial charge >= 0.3 is 0 Å². The van der Waals surface area contributed by atoms with Crippen LogP contribution in [0.3, 0.4) is 0 Å². The van der Waals surface area contributed by atoms with Gasteiger partial charge in [-0.05, 0) is 29.5 Å². The van der Waals surface area contributed by atoms with E-state index in [1.807, 2.05) is 4.93 Å². The van der Waals surface area contributed by atoms with E-state index in [0.717, 1.165) is 19.6 Å². The molecule has 0 radical (unpaired) electrons. The molecule has 0 bridgehead atoms. The zero-order chi connectivity index (χ0) is 12.4. The molecule has 0 heterocycles. The summed E-state index contributed by atoms with van der Waals surface area (Å²) in [4.78, 5) is 4.33. The summed E-state index contributed by atoms with van der Waals surface area (Å²) in [6, 6.07) is 8.52. The Morgan fingerprint density at radius 2 is 1.88 bits per heavy atom. The van der Waals surface area contributed by atoms with Gasteiger partial charge in [0.25, 0.3) is 0 Å². The predicted molar refractivity (Wildman–Crippen MR) is 82.8 cm³/mol. The Balaban J connectivity index is 0.00000106. The van der Waals surface area contributed by atoms with E-state index in [2.05, 4.69) is 65.6 Å². The SMILES string of the molecule is CCN(CCCl)Cc1ccccc1C.CI. The molecule has 3 heteroatoms. The Kier molecular flexibility index (Phi) is 10.5. The molecule has 0 amide bonds. The highest BCUT2D eigenvalue weighted by atomic mass is 127. The molecule has 0 N–H and O–H groups in total. The van der Waals surface area contributed by atoms with Crippen molar-refractivity contribution in [3.05, 3.63) is 35.4 Å². The van der Waals surface area contributed by atoms with Gasteiger partial charge in [0.1, 0.15) is 0 Å². The molecule has 92 valence electrons. The van der Waals surface area contributed by atoms with Gasteiger partial charge in [-0.25, -0.2) is 0 Å². The summed E-state index contributed by atoms with van der Waals surface area (Å²) in [6.07, 6.45) is 0. The lowest BCUT2D eigenvalue weighted by Crippen LogP contribution is -2.25. The van der Waals surface area contributed by atoms with Crippen LogP contribution >= 0.6 is 34.2 Å². The molecule has 16 heavy (non-hydrogen) atoms. The first-order chi connectivity index (χ1) is 7.77. The number of rotatable bonds is 5. The van der Waals surface area contributed by atoms with Crippen LogP contribution < -0.4 is 0 Å². The second-order valence-electron chi connectivity index (χ2n) is 3.48. The lowest BCUT2D eigenvalue weighted by Gasteiger charge is -2.20. The first kappa shape index (κ1) is 16.2. The number of alkyl halides is 2. The van der Waals surface area contributed by atoms with Crippen LogP contribution in [-0.4, -0.2) is 28.8 Å². The van der Waals surface area contributed by atoms with Crippen molar-refractivity contribution in [3.8, 4) is 0 Å². The van der Waals surface area contributed by atoms with E-state index in [0.29, 0.717) is 5.88 Å². The molecule has 1 aromatic carbocycles. The van der Waals surface area contributed by atoms with E-state index in [-0.39, 0.29) is 0 Å². The smallest absolute Gasteiger partial charge is 0.0351 e. The molecular weight excluding hydrogens is 333 g/mol. The summed E-state index contributed by atoms with van der Waals surface area (Å²) < 4.78 is 0. The zero-order valence-corrected chi connectivity index (χ0v) is 13.3. The molecule has 0 saturated heterocycles.